The average molecular weight is 336 g/mol. The minimum atomic E-state index is 0.387. The maximum Gasteiger partial charge on any atom is 0.193 e. The second-order valence-corrected chi connectivity index (χ2v) is 6.84. The van der Waals surface area contributed by atoms with Crippen molar-refractivity contribution in [2.75, 3.05) is 11.9 Å². The van der Waals surface area contributed by atoms with E-state index in [-0.39, 0.29) is 0 Å². The molecule has 0 saturated carbocycles. The number of anilines is 1. The molecule has 138 valence electrons. The summed E-state index contributed by atoms with van der Waals surface area (Å²) in [6.07, 6.45) is 20.0. The second-order valence-electron chi connectivity index (χ2n) is 6.84. The first-order valence-corrected chi connectivity index (χ1v) is 10.2. The fraction of sp³-hybridized carbons (Fsp3) is 0.762. The van der Waals surface area contributed by atoms with Crippen molar-refractivity contribution in [1.82, 2.24) is 0 Å². The maximum atomic E-state index is 10.5. The zero-order valence-electron chi connectivity index (χ0n) is 15.7. The van der Waals surface area contributed by atoms with Crippen LogP contribution >= 0.6 is 0 Å². The van der Waals surface area contributed by atoms with Crippen molar-refractivity contribution in [2.24, 2.45) is 0 Å². The molecule has 0 radical (unpaired) electrons. The van der Waals surface area contributed by atoms with E-state index in [1.54, 1.807) is 6.07 Å². The Morgan fingerprint density at radius 2 is 1.29 bits per heavy atom. The molecule has 0 aliphatic carbocycles. The second kappa shape index (κ2) is 15.3. The lowest BCUT2D eigenvalue weighted by Crippen LogP contribution is -2.00. The zero-order valence-corrected chi connectivity index (χ0v) is 15.7. The van der Waals surface area contributed by atoms with E-state index in [4.69, 9.17) is 4.42 Å². The standard InChI is InChI=1S/C21H37NO2/c1-2-3-4-5-6-7-8-9-10-11-12-13-14-15-18-22-21-17-16-20(19-23)24-21/h16-17,19,22H,2-15,18H2,1H3. The molecule has 0 aromatic carbocycles. The Balaban J connectivity index is 1.75. The summed E-state index contributed by atoms with van der Waals surface area (Å²) in [5.74, 6) is 1.09. The van der Waals surface area contributed by atoms with Crippen molar-refractivity contribution in [3.8, 4) is 0 Å². The molecule has 0 atom stereocenters. The molecular formula is C21H37NO2. The van der Waals surface area contributed by atoms with Gasteiger partial charge in [0.15, 0.2) is 17.9 Å². The largest absolute Gasteiger partial charge is 0.438 e. The van der Waals surface area contributed by atoms with Gasteiger partial charge >= 0.3 is 0 Å². The first-order chi connectivity index (χ1) is 11.9. The number of nitrogens with one attached hydrogen (secondary N) is 1. The van der Waals surface area contributed by atoms with Crippen LogP contribution in [0.1, 0.15) is 107 Å². The van der Waals surface area contributed by atoms with Gasteiger partial charge in [0.05, 0.1) is 0 Å². The maximum absolute atomic E-state index is 10.5. The number of aldehydes is 1. The SMILES string of the molecule is CCCCCCCCCCCCCCCCNc1ccc(C=O)o1. The van der Waals surface area contributed by atoms with E-state index in [9.17, 15) is 4.79 Å². The summed E-state index contributed by atoms with van der Waals surface area (Å²) < 4.78 is 5.27. The molecule has 1 rings (SSSR count). The fourth-order valence-corrected chi connectivity index (χ4v) is 3.04. The van der Waals surface area contributed by atoms with Gasteiger partial charge in [-0.25, -0.2) is 0 Å². The highest BCUT2D eigenvalue weighted by Crippen LogP contribution is 2.14. The summed E-state index contributed by atoms with van der Waals surface area (Å²) in [5.41, 5.74) is 0. The van der Waals surface area contributed by atoms with Gasteiger partial charge in [0.2, 0.25) is 0 Å². The number of carbonyl (C=O) groups excluding carboxylic acids is 1. The molecular weight excluding hydrogens is 298 g/mol. The van der Waals surface area contributed by atoms with Crippen LogP contribution in [0.2, 0.25) is 0 Å². The van der Waals surface area contributed by atoms with Crippen LogP contribution in [0.25, 0.3) is 0 Å². The molecule has 0 aliphatic rings. The van der Waals surface area contributed by atoms with E-state index in [1.165, 1.54) is 83.5 Å². The van der Waals surface area contributed by atoms with Crippen molar-refractivity contribution >= 4 is 12.2 Å². The number of rotatable bonds is 17. The van der Waals surface area contributed by atoms with Crippen molar-refractivity contribution < 1.29 is 9.21 Å². The Morgan fingerprint density at radius 1 is 0.792 bits per heavy atom. The molecule has 0 saturated heterocycles. The lowest BCUT2D eigenvalue weighted by Gasteiger charge is -2.04. The van der Waals surface area contributed by atoms with Gasteiger partial charge in [0, 0.05) is 12.6 Å². The predicted molar refractivity (Wildman–Crippen MR) is 103 cm³/mol. The van der Waals surface area contributed by atoms with Gasteiger partial charge in [-0.05, 0) is 12.5 Å². The van der Waals surface area contributed by atoms with Crippen molar-refractivity contribution in [2.45, 2.75) is 96.8 Å². The lowest BCUT2D eigenvalue weighted by atomic mass is 10.0. The summed E-state index contributed by atoms with van der Waals surface area (Å²) in [4.78, 5) is 10.5. The number of unbranched alkanes of at least 4 members (excludes halogenated alkanes) is 13. The van der Waals surface area contributed by atoms with Crippen LogP contribution in [0.3, 0.4) is 0 Å². The zero-order chi connectivity index (χ0) is 17.3. The summed E-state index contributed by atoms with van der Waals surface area (Å²) >= 11 is 0. The smallest absolute Gasteiger partial charge is 0.193 e. The van der Waals surface area contributed by atoms with Gasteiger partial charge in [-0.15, -0.1) is 0 Å². The third-order valence-electron chi connectivity index (χ3n) is 4.57. The van der Waals surface area contributed by atoms with Crippen LogP contribution in [0.5, 0.6) is 0 Å². The van der Waals surface area contributed by atoms with Gasteiger partial charge in [-0.1, -0.05) is 90.4 Å². The summed E-state index contributed by atoms with van der Waals surface area (Å²) in [5, 5.41) is 3.22. The van der Waals surface area contributed by atoms with Crippen LogP contribution in [0.15, 0.2) is 16.5 Å². The highest BCUT2D eigenvalue weighted by atomic mass is 16.4. The minimum absolute atomic E-state index is 0.387. The van der Waals surface area contributed by atoms with Gasteiger partial charge < -0.3 is 9.73 Å². The van der Waals surface area contributed by atoms with Crippen LogP contribution in [-0.4, -0.2) is 12.8 Å². The normalized spacial score (nSPS) is 10.9. The van der Waals surface area contributed by atoms with E-state index < -0.39 is 0 Å². The first kappa shape index (κ1) is 20.8. The Hall–Kier alpha value is -1.25. The van der Waals surface area contributed by atoms with E-state index in [0.717, 1.165) is 19.3 Å². The third-order valence-corrected chi connectivity index (χ3v) is 4.57. The quantitative estimate of drug-likeness (QED) is 0.246. The van der Waals surface area contributed by atoms with Crippen molar-refractivity contribution in [3.63, 3.8) is 0 Å². The Kier molecular flexibility index (Phi) is 13.2. The molecule has 1 heterocycles. The number of carbonyl (C=O) groups is 1. The molecule has 3 heteroatoms. The predicted octanol–water partition coefficient (Wildman–Crippen LogP) is 6.99. The van der Waals surface area contributed by atoms with E-state index in [2.05, 4.69) is 12.2 Å². The fourth-order valence-electron chi connectivity index (χ4n) is 3.04. The highest BCUT2D eigenvalue weighted by molar-refractivity contribution is 5.71. The first-order valence-electron chi connectivity index (χ1n) is 10.2. The van der Waals surface area contributed by atoms with Gasteiger partial charge in [-0.2, -0.15) is 0 Å². The minimum Gasteiger partial charge on any atom is -0.438 e. The molecule has 0 amide bonds. The third kappa shape index (κ3) is 11.3. The lowest BCUT2D eigenvalue weighted by molar-refractivity contribution is 0.110. The molecule has 24 heavy (non-hydrogen) atoms. The van der Waals surface area contributed by atoms with Crippen molar-refractivity contribution in [1.29, 1.82) is 0 Å². The Morgan fingerprint density at radius 3 is 1.75 bits per heavy atom. The molecule has 1 N–H and O–H groups in total. The summed E-state index contributed by atoms with van der Waals surface area (Å²) in [6, 6.07) is 3.51. The molecule has 1 aromatic rings. The van der Waals surface area contributed by atoms with Gasteiger partial charge in [0.1, 0.15) is 0 Å². The van der Waals surface area contributed by atoms with E-state index in [1.807, 2.05) is 6.07 Å². The van der Waals surface area contributed by atoms with Crippen LogP contribution in [0, 0.1) is 0 Å². The molecule has 0 unspecified atom stereocenters. The molecule has 1 aromatic heterocycles. The monoisotopic (exact) mass is 335 g/mol. The molecule has 0 aliphatic heterocycles. The summed E-state index contributed by atoms with van der Waals surface area (Å²) in [7, 11) is 0. The van der Waals surface area contributed by atoms with Gasteiger partial charge in [-0.3, -0.25) is 4.79 Å². The van der Waals surface area contributed by atoms with E-state index >= 15 is 0 Å². The van der Waals surface area contributed by atoms with Crippen LogP contribution < -0.4 is 5.32 Å². The van der Waals surface area contributed by atoms with Crippen molar-refractivity contribution in [3.05, 3.63) is 17.9 Å². The Bertz CT molecular complexity index is 400. The van der Waals surface area contributed by atoms with E-state index in [0.29, 0.717) is 11.6 Å². The number of hydrogen-bond donors (Lipinski definition) is 1. The van der Waals surface area contributed by atoms with Crippen LogP contribution in [-0.2, 0) is 0 Å². The molecule has 0 spiro atoms. The van der Waals surface area contributed by atoms with Gasteiger partial charge in [0.25, 0.3) is 0 Å². The number of hydrogen-bond acceptors (Lipinski definition) is 3. The molecule has 0 fully saturated rings. The molecule has 3 nitrogen and oxygen atoms in total. The van der Waals surface area contributed by atoms with Crippen LogP contribution in [0.4, 0.5) is 5.88 Å². The number of furan rings is 1. The average Bonchev–Trinajstić information content (AvgIpc) is 3.06. The highest BCUT2D eigenvalue weighted by Gasteiger charge is 1.99. The summed E-state index contributed by atoms with van der Waals surface area (Å²) in [6.45, 7) is 3.20. The molecule has 0 bridgehead atoms. The topological polar surface area (TPSA) is 42.2 Å². The Labute approximate surface area is 148 Å².